The molecule has 0 amide bonds. The number of benzene rings is 1. The Morgan fingerprint density at radius 2 is 1.94 bits per heavy atom. The van der Waals surface area contributed by atoms with E-state index in [0.29, 0.717) is 24.4 Å². The first-order valence-corrected chi connectivity index (χ1v) is 12.2. The molecule has 1 aliphatic heterocycles. The summed E-state index contributed by atoms with van der Waals surface area (Å²) in [5.41, 5.74) is 1.71. The van der Waals surface area contributed by atoms with Crippen LogP contribution in [-0.4, -0.2) is 64.5 Å². The smallest absolute Gasteiger partial charge is 0.267 e. The number of nitriles is 1. The van der Waals surface area contributed by atoms with Crippen molar-refractivity contribution >= 4 is 42.9 Å². The topological polar surface area (TPSA) is 117 Å². The number of sulfonamides is 1. The molecule has 4 rings (SSSR count). The zero-order valence-electron chi connectivity index (χ0n) is 17.0. The van der Waals surface area contributed by atoms with Crippen molar-refractivity contribution < 1.29 is 8.42 Å². The van der Waals surface area contributed by atoms with E-state index in [0.717, 1.165) is 15.7 Å². The first-order chi connectivity index (χ1) is 14.7. The van der Waals surface area contributed by atoms with E-state index < -0.39 is 10.0 Å². The molecule has 3 heterocycles. The molecule has 0 unspecified atom stereocenters. The quantitative estimate of drug-likeness (QED) is 0.523. The van der Waals surface area contributed by atoms with Crippen LogP contribution in [0.25, 0.3) is 16.7 Å². The van der Waals surface area contributed by atoms with Crippen LogP contribution in [0.15, 0.2) is 33.7 Å². The van der Waals surface area contributed by atoms with Crippen LogP contribution >= 0.6 is 15.9 Å². The number of piperazine rings is 1. The maximum atomic E-state index is 13.2. The summed E-state index contributed by atoms with van der Waals surface area (Å²) < 4.78 is 28.8. The highest BCUT2D eigenvalue weighted by Gasteiger charge is 2.27. The molecular formula is C19H20BrN7O3S. The summed E-state index contributed by atoms with van der Waals surface area (Å²) in [7, 11) is -3.28. The van der Waals surface area contributed by atoms with Gasteiger partial charge < -0.3 is 4.90 Å². The summed E-state index contributed by atoms with van der Waals surface area (Å²) in [6, 6.07) is 7.75. The van der Waals surface area contributed by atoms with Gasteiger partial charge in [-0.15, -0.1) is 5.10 Å². The van der Waals surface area contributed by atoms with Crippen LogP contribution in [-0.2, 0) is 16.6 Å². The third-order valence-electron chi connectivity index (χ3n) is 5.24. The van der Waals surface area contributed by atoms with Crippen LogP contribution in [0.1, 0.15) is 5.56 Å². The summed E-state index contributed by atoms with van der Waals surface area (Å²) in [5, 5.41) is 14.1. The number of fused-ring (bicyclic) bond motifs is 1. The molecule has 0 spiro atoms. The predicted molar refractivity (Wildman–Crippen MR) is 120 cm³/mol. The fourth-order valence-electron chi connectivity index (χ4n) is 3.66. The maximum absolute atomic E-state index is 13.2. The Morgan fingerprint density at radius 1 is 1.23 bits per heavy atom. The van der Waals surface area contributed by atoms with Gasteiger partial charge in [0.1, 0.15) is 11.9 Å². The molecule has 0 aliphatic carbocycles. The summed E-state index contributed by atoms with van der Waals surface area (Å²) in [6.45, 7) is 3.08. The van der Waals surface area contributed by atoms with E-state index in [1.54, 1.807) is 10.9 Å². The maximum Gasteiger partial charge on any atom is 0.267 e. The number of halogens is 1. The number of anilines is 1. The standard InChI is InChI=1S/C19H20BrN7O3S/c1-13-11-14(20)3-4-16(13)27-12-15-17(23-27)22-19(26(6-5-21)18(15)28)24-7-9-25(10-8-24)31(2,29)30/h3-4,11-12H,6-10H2,1-2H3. The van der Waals surface area contributed by atoms with Crippen LogP contribution < -0.4 is 10.5 Å². The first kappa shape index (κ1) is 21.5. The van der Waals surface area contributed by atoms with Gasteiger partial charge in [-0.05, 0) is 30.7 Å². The van der Waals surface area contributed by atoms with E-state index in [9.17, 15) is 18.5 Å². The Labute approximate surface area is 187 Å². The second kappa shape index (κ2) is 8.07. The van der Waals surface area contributed by atoms with Crippen molar-refractivity contribution in [1.82, 2.24) is 23.6 Å². The molecule has 3 aromatic rings. The van der Waals surface area contributed by atoms with Gasteiger partial charge in [0.2, 0.25) is 16.0 Å². The summed E-state index contributed by atoms with van der Waals surface area (Å²) in [5.74, 6) is 0.324. The van der Waals surface area contributed by atoms with Crippen molar-refractivity contribution in [2.24, 2.45) is 0 Å². The molecule has 12 heteroatoms. The number of rotatable bonds is 4. The van der Waals surface area contributed by atoms with E-state index >= 15 is 0 Å². The van der Waals surface area contributed by atoms with Crippen molar-refractivity contribution in [3.63, 3.8) is 0 Å². The van der Waals surface area contributed by atoms with Crippen LogP contribution in [0.2, 0.25) is 0 Å². The molecule has 0 radical (unpaired) electrons. The molecule has 1 saturated heterocycles. The van der Waals surface area contributed by atoms with Gasteiger partial charge in [0.15, 0.2) is 5.65 Å². The molecule has 2 aromatic heterocycles. The molecule has 1 aromatic carbocycles. The molecule has 0 bridgehead atoms. The highest BCUT2D eigenvalue weighted by molar-refractivity contribution is 9.10. The van der Waals surface area contributed by atoms with Crippen molar-refractivity contribution in [2.75, 3.05) is 37.3 Å². The van der Waals surface area contributed by atoms with Crippen LogP contribution in [0.4, 0.5) is 5.95 Å². The predicted octanol–water partition coefficient (Wildman–Crippen LogP) is 1.26. The van der Waals surface area contributed by atoms with Gasteiger partial charge >= 0.3 is 0 Å². The minimum Gasteiger partial charge on any atom is -0.339 e. The van der Waals surface area contributed by atoms with Gasteiger partial charge in [-0.1, -0.05) is 15.9 Å². The molecule has 10 nitrogen and oxygen atoms in total. The van der Waals surface area contributed by atoms with Gasteiger partial charge in [-0.25, -0.2) is 13.1 Å². The van der Waals surface area contributed by atoms with Crippen molar-refractivity contribution in [3.8, 4) is 11.8 Å². The number of nitrogens with zero attached hydrogens (tertiary/aromatic N) is 7. The van der Waals surface area contributed by atoms with E-state index in [-0.39, 0.29) is 30.8 Å². The van der Waals surface area contributed by atoms with E-state index in [4.69, 9.17) is 0 Å². The summed E-state index contributed by atoms with van der Waals surface area (Å²) >= 11 is 3.44. The number of hydrogen-bond acceptors (Lipinski definition) is 7. The fourth-order valence-corrected chi connectivity index (χ4v) is 4.97. The highest BCUT2D eigenvalue weighted by Crippen LogP contribution is 2.22. The fraction of sp³-hybridized carbons (Fsp3) is 0.368. The lowest BCUT2D eigenvalue weighted by Crippen LogP contribution is -2.50. The Kier molecular flexibility index (Phi) is 5.59. The molecule has 0 saturated carbocycles. The monoisotopic (exact) mass is 505 g/mol. The lowest BCUT2D eigenvalue weighted by atomic mass is 10.2. The normalized spacial score (nSPS) is 15.4. The molecular weight excluding hydrogens is 486 g/mol. The SMILES string of the molecule is Cc1cc(Br)ccc1-n1cc2c(=O)n(CC#N)c(N3CCN(S(C)(=O)=O)CC3)nc2n1. The molecule has 162 valence electrons. The molecule has 1 aliphatic rings. The molecule has 0 N–H and O–H groups in total. The van der Waals surface area contributed by atoms with Crippen LogP contribution in [0.5, 0.6) is 0 Å². The van der Waals surface area contributed by atoms with Crippen molar-refractivity contribution in [2.45, 2.75) is 13.5 Å². The number of aryl methyl sites for hydroxylation is 1. The van der Waals surface area contributed by atoms with Gasteiger partial charge in [0, 0.05) is 36.8 Å². The van der Waals surface area contributed by atoms with Crippen LogP contribution in [0.3, 0.4) is 0 Å². The Morgan fingerprint density at radius 3 is 2.55 bits per heavy atom. The molecule has 0 atom stereocenters. The Balaban J connectivity index is 1.78. The second-order valence-corrected chi connectivity index (χ2v) is 10.3. The minimum atomic E-state index is -3.28. The van der Waals surface area contributed by atoms with Gasteiger partial charge in [-0.2, -0.15) is 14.6 Å². The molecule has 1 fully saturated rings. The Hall–Kier alpha value is -2.75. The first-order valence-electron chi connectivity index (χ1n) is 9.53. The minimum absolute atomic E-state index is 0.161. The van der Waals surface area contributed by atoms with Gasteiger partial charge in [0.25, 0.3) is 5.56 Å². The zero-order valence-corrected chi connectivity index (χ0v) is 19.4. The largest absolute Gasteiger partial charge is 0.339 e. The average Bonchev–Trinajstić information content (AvgIpc) is 3.13. The highest BCUT2D eigenvalue weighted by atomic mass is 79.9. The lowest BCUT2D eigenvalue weighted by Gasteiger charge is -2.34. The summed E-state index contributed by atoms with van der Waals surface area (Å²) in [6.07, 6.45) is 2.80. The summed E-state index contributed by atoms with van der Waals surface area (Å²) in [4.78, 5) is 19.6. The van der Waals surface area contributed by atoms with E-state index in [1.165, 1.54) is 15.1 Å². The average molecular weight is 506 g/mol. The zero-order chi connectivity index (χ0) is 22.3. The third-order valence-corrected chi connectivity index (χ3v) is 7.04. The van der Waals surface area contributed by atoms with Gasteiger partial charge in [-0.3, -0.25) is 9.36 Å². The van der Waals surface area contributed by atoms with Gasteiger partial charge in [0.05, 0.1) is 18.0 Å². The van der Waals surface area contributed by atoms with E-state index in [1.807, 2.05) is 36.1 Å². The van der Waals surface area contributed by atoms with Crippen LogP contribution in [0, 0.1) is 18.3 Å². The van der Waals surface area contributed by atoms with Crippen molar-refractivity contribution in [1.29, 1.82) is 5.26 Å². The number of aromatic nitrogens is 4. The molecule has 31 heavy (non-hydrogen) atoms. The lowest BCUT2D eigenvalue weighted by molar-refractivity contribution is 0.383. The Bertz CT molecular complexity index is 1370. The third kappa shape index (κ3) is 4.08. The number of hydrogen-bond donors (Lipinski definition) is 0. The second-order valence-electron chi connectivity index (χ2n) is 7.35. The van der Waals surface area contributed by atoms with E-state index in [2.05, 4.69) is 26.0 Å². The van der Waals surface area contributed by atoms with Crippen molar-refractivity contribution in [3.05, 3.63) is 44.8 Å².